The SMILES string of the molecule is [2H]OC(C(=O)OC([2H])([2H])C#CC([2H])([2H])N(C([2H])([2H])C)C([2H])([2H])C)(c1ccccc1)C1([2H])C([2H])([2H])C([2H])([2H])C([2H])([2H])C([2H])([2H])C1([2H])[2H]. The molecule has 4 nitrogen and oxygen atoms in total. The molecule has 4 heteroatoms. The summed E-state index contributed by atoms with van der Waals surface area (Å²) in [5, 5.41) is 4.53. The number of esters is 1. The average Bonchev–Trinajstić information content (AvgIpc) is 2.85. The summed E-state index contributed by atoms with van der Waals surface area (Å²) in [6, 6.07) is 5.18. The van der Waals surface area contributed by atoms with E-state index in [1.165, 1.54) is 12.0 Å². The van der Waals surface area contributed by atoms with E-state index in [0.29, 0.717) is 0 Å². The van der Waals surface area contributed by atoms with Gasteiger partial charge >= 0.3 is 5.97 Å². The lowest BCUT2D eigenvalue weighted by Gasteiger charge is -2.36. The summed E-state index contributed by atoms with van der Waals surface area (Å²) in [6.07, 6.45) is -20.9. The van der Waals surface area contributed by atoms with E-state index in [1.54, 1.807) is 5.92 Å². The summed E-state index contributed by atoms with van der Waals surface area (Å²) in [5.74, 6) is -3.58. The molecule has 1 aromatic rings. The first-order chi connectivity index (χ1) is 20.1. The van der Waals surface area contributed by atoms with E-state index in [1.807, 2.05) is 0 Å². The summed E-state index contributed by atoms with van der Waals surface area (Å²) in [4.78, 5) is 13.9. The highest BCUT2D eigenvalue weighted by Crippen LogP contribution is 2.40. The number of hydrogen-bond donors (Lipinski definition) is 1. The molecule has 0 amide bonds. The number of benzene rings is 1. The zero-order valence-electron chi connectivity index (χ0n) is 34.1. The molecule has 0 spiro atoms. The van der Waals surface area contributed by atoms with Crippen molar-refractivity contribution < 1.29 is 40.7 Å². The minimum absolute atomic E-state index is 0.0128. The molecule has 1 atom stereocenters. The molecule has 2 rings (SSSR count). The Labute approximate surface area is 185 Å². The number of hydrogen-bond acceptors (Lipinski definition) is 4. The number of ether oxygens (including phenoxy) is 1. The fourth-order valence-corrected chi connectivity index (χ4v) is 1.94. The van der Waals surface area contributed by atoms with Gasteiger partial charge in [0.15, 0.2) is 12.2 Å². The molecule has 1 aliphatic carbocycles. The Morgan fingerprint density at radius 3 is 2.65 bits per heavy atom. The zero-order valence-corrected chi connectivity index (χ0v) is 14.1. The van der Waals surface area contributed by atoms with Gasteiger partial charge in [0.2, 0.25) is 1.43 Å². The predicted molar refractivity (Wildman–Crippen MR) is 103 cm³/mol. The number of aliphatic hydroxyl groups is 1. The molecular formula is C22H31NO3. The Hall–Kier alpha value is -1.83. The Balaban J connectivity index is 2.94. The first-order valence-corrected chi connectivity index (χ1v) is 7.40. The second-order valence-corrected chi connectivity index (χ2v) is 4.68. The van der Waals surface area contributed by atoms with E-state index < -0.39 is 80.9 Å². The van der Waals surface area contributed by atoms with E-state index >= 15 is 0 Å². The monoisotopic (exact) mass is 377 g/mol. The third-order valence-electron chi connectivity index (χ3n) is 3.19. The van der Waals surface area contributed by atoms with Crippen molar-refractivity contribution in [3.63, 3.8) is 0 Å². The molecule has 1 fully saturated rings. The van der Waals surface area contributed by atoms with Crippen molar-refractivity contribution in [2.75, 3.05) is 26.0 Å². The van der Waals surface area contributed by atoms with Gasteiger partial charge in [-0.15, -0.1) is 0 Å². The van der Waals surface area contributed by atoms with Crippen LogP contribution in [0.3, 0.4) is 0 Å². The van der Waals surface area contributed by atoms with Crippen LogP contribution in [0.1, 0.15) is 77.3 Å². The smallest absolute Gasteiger partial charge is 0.344 e. The van der Waals surface area contributed by atoms with E-state index in [0.717, 1.165) is 38.1 Å². The van der Waals surface area contributed by atoms with E-state index in [2.05, 4.69) is 5.11 Å². The first kappa shape index (κ1) is 6.36. The summed E-state index contributed by atoms with van der Waals surface area (Å²) < 4.78 is 169. The fraction of sp³-hybridized carbons (Fsp3) is 0.591. The molecule has 1 aliphatic rings. The lowest BCUT2D eigenvalue weighted by molar-refractivity contribution is -0.174. The first-order valence-electron chi connectivity index (χ1n) is 17.3. The van der Waals surface area contributed by atoms with Crippen molar-refractivity contribution in [1.29, 1.82) is 1.43 Å². The van der Waals surface area contributed by atoms with Gasteiger partial charge in [0.05, 0.1) is 12.0 Å². The maximum Gasteiger partial charge on any atom is 0.344 e. The van der Waals surface area contributed by atoms with Gasteiger partial charge in [-0.05, 0) is 31.3 Å². The van der Waals surface area contributed by atoms with Crippen LogP contribution in [-0.2, 0) is 15.1 Å². The Kier molecular flexibility index (Phi) is 2.53. The summed E-state index contributed by atoms with van der Waals surface area (Å²) in [6.45, 7) is -11.0. The van der Waals surface area contributed by atoms with Crippen LogP contribution in [0.5, 0.6) is 0 Å². The van der Waals surface area contributed by atoms with Crippen LogP contribution in [0.25, 0.3) is 0 Å². The van der Waals surface area contributed by atoms with Crippen molar-refractivity contribution in [1.82, 2.24) is 4.90 Å². The van der Waals surface area contributed by atoms with Crippen LogP contribution in [-0.4, -0.2) is 43.5 Å². The normalized spacial score (nSPS) is 41.7. The highest BCUT2D eigenvalue weighted by molar-refractivity contribution is 5.81. The standard InChI is InChI=1S/C22H31NO3/c1-3-23(4-2)17-11-12-18-26-21(24)22(25,19-13-7-5-8-14-19)20-15-9-6-10-16-20/h5,7-8,13-14,20,25H,3-4,6,9-10,15-18H2,1-2H3/i3D2,4D2,6D2,9D2,10D2,15D2,16D2,17D2,18D2,20D,25D. The van der Waals surface area contributed by atoms with Crippen LogP contribution in [0.2, 0.25) is 0 Å². The molecule has 142 valence electrons. The molecule has 0 aliphatic heterocycles. The van der Waals surface area contributed by atoms with Crippen LogP contribution in [0.15, 0.2) is 30.3 Å². The third-order valence-corrected chi connectivity index (χ3v) is 3.19. The zero-order chi connectivity index (χ0) is 36.6. The predicted octanol–water partition coefficient (Wildman–Crippen LogP) is 3.34. The van der Waals surface area contributed by atoms with Gasteiger partial charge in [-0.1, -0.05) is 75.1 Å². The average molecular weight is 378 g/mol. The molecule has 1 unspecified atom stereocenters. The van der Waals surface area contributed by atoms with Gasteiger partial charge < -0.3 is 9.85 Å². The molecule has 1 aromatic carbocycles. The molecular weight excluding hydrogens is 326 g/mol. The van der Waals surface area contributed by atoms with Crippen LogP contribution >= 0.6 is 0 Å². The van der Waals surface area contributed by atoms with Crippen molar-refractivity contribution in [3.05, 3.63) is 35.9 Å². The van der Waals surface area contributed by atoms with Gasteiger partial charge in [-0.3, -0.25) is 4.90 Å². The van der Waals surface area contributed by atoms with Crippen LogP contribution < -0.4 is 0 Å². The lowest BCUT2D eigenvalue weighted by Crippen LogP contribution is -2.45. The van der Waals surface area contributed by atoms with Gasteiger partial charge in [0.1, 0.15) is 0 Å². The molecule has 0 bridgehead atoms. The van der Waals surface area contributed by atoms with Crippen molar-refractivity contribution in [2.45, 2.75) is 51.3 Å². The molecule has 1 saturated carbocycles. The molecule has 0 saturated heterocycles. The number of carbonyl (C=O) groups is 1. The Morgan fingerprint density at radius 2 is 2.04 bits per heavy atom. The quantitative estimate of drug-likeness (QED) is 0.558. The lowest BCUT2D eigenvalue weighted by atomic mass is 9.73. The molecule has 0 aromatic heterocycles. The summed E-state index contributed by atoms with van der Waals surface area (Å²) in [7, 11) is 0. The van der Waals surface area contributed by atoms with E-state index in [-0.39, 0.29) is 4.90 Å². The van der Waals surface area contributed by atoms with Crippen molar-refractivity contribution in [2.24, 2.45) is 5.89 Å². The molecule has 26 heavy (non-hydrogen) atoms. The van der Waals surface area contributed by atoms with E-state index in [9.17, 15) is 4.79 Å². The second kappa shape index (κ2) is 10.4. The van der Waals surface area contributed by atoms with Crippen LogP contribution in [0, 0.1) is 17.7 Å². The Morgan fingerprint density at radius 1 is 1.35 bits per heavy atom. The number of carbonyl (C=O) groups excluding carboxylic acids is 1. The topological polar surface area (TPSA) is 49.8 Å². The maximum atomic E-state index is 14.0. The van der Waals surface area contributed by atoms with Crippen molar-refractivity contribution >= 4 is 5.97 Å². The summed E-state index contributed by atoms with van der Waals surface area (Å²) in [5.41, 5.74) is -4.81. The molecule has 1 N–H and O–H groups in total. The minimum atomic E-state index is -4.35. The minimum Gasteiger partial charge on any atom is -0.450 e. The molecule has 0 radical (unpaired) electrons. The maximum absolute atomic E-state index is 14.0. The highest BCUT2D eigenvalue weighted by Gasteiger charge is 2.46. The summed E-state index contributed by atoms with van der Waals surface area (Å²) >= 11 is 0. The van der Waals surface area contributed by atoms with Gasteiger partial charge in [-0.2, -0.15) is 0 Å². The number of nitrogens with zero attached hydrogens (tertiary/aromatic N) is 1. The fourth-order valence-electron chi connectivity index (χ4n) is 1.94. The van der Waals surface area contributed by atoms with Gasteiger partial charge in [0, 0.05) is 26.5 Å². The Bertz CT molecular complexity index is 1330. The second-order valence-electron chi connectivity index (χ2n) is 4.68. The largest absolute Gasteiger partial charge is 0.450 e. The third kappa shape index (κ3) is 5.09. The van der Waals surface area contributed by atoms with Crippen molar-refractivity contribution in [3.8, 4) is 11.8 Å². The van der Waals surface area contributed by atoms with E-state index in [4.69, 9.17) is 32.2 Å². The molecule has 0 heterocycles. The van der Waals surface area contributed by atoms with Gasteiger partial charge in [0.25, 0.3) is 0 Å². The van der Waals surface area contributed by atoms with Gasteiger partial charge in [-0.25, -0.2) is 4.79 Å². The number of rotatable bonds is 8. The van der Waals surface area contributed by atoms with Crippen LogP contribution in [0.4, 0.5) is 0 Å². The highest BCUT2D eigenvalue weighted by atomic mass is 16.5.